The van der Waals surface area contributed by atoms with Gasteiger partial charge in [-0.15, -0.1) is 11.3 Å². The smallest absolute Gasteiger partial charge is 0.243 e. The summed E-state index contributed by atoms with van der Waals surface area (Å²) in [5.74, 6) is 0.887. The topological polar surface area (TPSA) is 66.4 Å². The van der Waals surface area contributed by atoms with Gasteiger partial charge in [0.1, 0.15) is 17.0 Å². The third-order valence-corrected chi connectivity index (χ3v) is 6.89. The molecule has 124 valence electrons. The molecule has 0 saturated carbocycles. The van der Waals surface area contributed by atoms with Gasteiger partial charge in [0.05, 0.1) is 10.3 Å². The third-order valence-electron chi connectivity index (χ3n) is 4.16. The van der Waals surface area contributed by atoms with Crippen molar-refractivity contribution in [2.75, 3.05) is 31.1 Å². The summed E-state index contributed by atoms with van der Waals surface area (Å²) in [6.45, 7) is 2.14. The number of nitrogens with zero attached hydrogens (tertiary/aromatic N) is 4. The van der Waals surface area contributed by atoms with E-state index in [1.54, 1.807) is 46.2 Å². The first-order chi connectivity index (χ1) is 11.7. The molecule has 3 aromatic rings. The maximum atomic E-state index is 12.7. The Morgan fingerprint density at radius 3 is 2.46 bits per heavy atom. The molecule has 0 N–H and O–H groups in total. The molecule has 0 unspecified atom stereocenters. The van der Waals surface area contributed by atoms with Gasteiger partial charge in [0.15, 0.2) is 0 Å². The number of anilines is 1. The fourth-order valence-corrected chi connectivity index (χ4v) is 5.08. The first kappa shape index (κ1) is 15.5. The van der Waals surface area contributed by atoms with Gasteiger partial charge in [0.25, 0.3) is 0 Å². The lowest BCUT2D eigenvalue weighted by molar-refractivity contribution is 0.384. The first-order valence-electron chi connectivity index (χ1n) is 7.64. The molecule has 6 nitrogen and oxygen atoms in total. The molecule has 8 heteroatoms. The van der Waals surface area contributed by atoms with E-state index < -0.39 is 10.0 Å². The van der Waals surface area contributed by atoms with E-state index in [2.05, 4.69) is 14.9 Å². The summed E-state index contributed by atoms with van der Waals surface area (Å²) in [5.41, 5.74) is 0. The predicted molar refractivity (Wildman–Crippen MR) is 94.8 cm³/mol. The van der Waals surface area contributed by atoms with Crippen LogP contribution in [-0.2, 0) is 10.0 Å². The number of thiophene rings is 1. The van der Waals surface area contributed by atoms with E-state index in [1.165, 1.54) is 0 Å². The Morgan fingerprint density at radius 1 is 0.958 bits per heavy atom. The number of benzene rings is 1. The molecule has 0 bridgehead atoms. The molecular weight excluding hydrogens is 344 g/mol. The third kappa shape index (κ3) is 2.66. The molecule has 0 spiro atoms. The van der Waals surface area contributed by atoms with Gasteiger partial charge in [0.2, 0.25) is 10.0 Å². The standard InChI is InChI=1S/C16H16N4O2S2/c21-24(22,13-4-2-1-3-5-13)20-9-7-19(8-10-20)15-14-6-11-23-16(14)18-12-17-15/h1-6,11-12H,7-10H2. The van der Waals surface area contributed by atoms with E-state index in [0.717, 1.165) is 16.0 Å². The average molecular weight is 360 g/mol. The summed E-state index contributed by atoms with van der Waals surface area (Å²) < 4.78 is 26.9. The maximum absolute atomic E-state index is 12.7. The number of aromatic nitrogens is 2. The fourth-order valence-electron chi connectivity index (χ4n) is 2.91. The van der Waals surface area contributed by atoms with Crippen molar-refractivity contribution < 1.29 is 8.42 Å². The van der Waals surface area contributed by atoms with Crippen LogP contribution in [0.25, 0.3) is 10.2 Å². The normalized spacial score (nSPS) is 16.6. The van der Waals surface area contributed by atoms with Crippen LogP contribution in [-0.4, -0.2) is 48.9 Å². The second-order valence-corrected chi connectivity index (χ2v) is 8.37. The molecule has 0 amide bonds. The Labute approximate surface area is 144 Å². The van der Waals surface area contributed by atoms with Crippen LogP contribution in [0.1, 0.15) is 0 Å². The molecule has 24 heavy (non-hydrogen) atoms. The molecule has 3 heterocycles. The number of sulfonamides is 1. The zero-order chi connectivity index (χ0) is 16.6. The molecule has 1 saturated heterocycles. The minimum Gasteiger partial charge on any atom is -0.353 e. The molecule has 0 aliphatic carbocycles. The van der Waals surface area contributed by atoms with Gasteiger partial charge < -0.3 is 4.90 Å². The number of hydrogen-bond donors (Lipinski definition) is 0. The molecule has 1 aromatic carbocycles. The Bertz CT molecular complexity index is 948. The number of fused-ring (bicyclic) bond motifs is 1. The molecule has 2 aromatic heterocycles. The number of piperazine rings is 1. The van der Waals surface area contributed by atoms with Crippen LogP contribution >= 0.6 is 11.3 Å². The number of hydrogen-bond acceptors (Lipinski definition) is 6. The SMILES string of the molecule is O=S(=O)(c1ccccc1)N1CCN(c2ncnc3sccc23)CC1. The van der Waals surface area contributed by atoms with Crippen molar-refractivity contribution in [3.8, 4) is 0 Å². The van der Waals surface area contributed by atoms with Crippen LogP contribution in [0.3, 0.4) is 0 Å². The van der Waals surface area contributed by atoms with Crippen LogP contribution in [0.2, 0.25) is 0 Å². The largest absolute Gasteiger partial charge is 0.353 e. The minimum atomic E-state index is -3.42. The lowest BCUT2D eigenvalue weighted by Gasteiger charge is -2.34. The Morgan fingerprint density at radius 2 is 1.71 bits per heavy atom. The van der Waals surface area contributed by atoms with Gasteiger partial charge in [-0.1, -0.05) is 18.2 Å². The summed E-state index contributed by atoms with van der Waals surface area (Å²) in [6.07, 6.45) is 1.57. The molecule has 4 rings (SSSR count). The summed E-state index contributed by atoms with van der Waals surface area (Å²) in [7, 11) is -3.42. The first-order valence-corrected chi connectivity index (χ1v) is 9.96. The van der Waals surface area contributed by atoms with Crippen LogP contribution in [0, 0.1) is 0 Å². The molecule has 0 atom stereocenters. The average Bonchev–Trinajstić information content (AvgIpc) is 3.11. The quantitative estimate of drug-likeness (QED) is 0.716. The van der Waals surface area contributed by atoms with Crippen LogP contribution in [0.5, 0.6) is 0 Å². The van der Waals surface area contributed by atoms with Gasteiger partial charge >= 0.3 is 0 Å². The highest BCUT2D eigenvalue weighted by Crippen LogP contribution is 2.28. The molecule has 1 fully saturated rings. The minimum absolute atomic E-state index is 0.348. The van der Waals surface area contributed by atoms with Gasteiger partial charge in [0, 0.05) is 26.2 Å². The van der Waals surface area contributed by atoms with Crippen molar-refractivity contribution in [2.24, 2.45) is 0 Å². The van der Waals surface area contributed by atoms with Crippen molar-refractivity contribution in [2.45, 2.75) is 4.90 Å². The van der Waals surface area contributed by atoms with E-state index in [4.69, 9.17) is 0 Å². The summed E-state index contributed by atoms with van der Waals surface area (Å²) in [4.78, 5) is 12.1. The molecular formula is C16H16N4O2S2. The summed E-state index contributed by atoms with van der Waals surface area (Å²) in [6, 6.07) is 10.6. The van der Waals surface area contributed by atoms with E-state index in [0.29, 0.717) is 31.1 Å². The van der Waals surface area contributed by atoms with Crippen molar-refractivity contribution >= 4 is 37.4 Å². The number of rotatable bonds is 3. The van der Waals surface area contributed by atoms with E-state index in [9.17, 15) is 8.42 Å². The van der Waals surface area contributed by atoms with Crippen molar-refractivity contribution in [3.05, 3.63) is 48.1 Å². The highest BCUT2D eigenvalue weighted by Gasteiger charge is 2.29. The second kappa shape index (κ2) is 6.12. The van der Waals surface area contributed by atoms with Gasteiger partial charge in [-0.2, -0.15) is 4.31 Å². The summed E-state index contributed by atoms with van der Waals surface area (Å²) >= 11 is 1.58. The van der Waals surface area contributed by atoms with E-state index in [1.807, 2.05) is 17.5 Å². The van der Waals surface area contributed by atoms with Gasteiger partial charge in [-0.25, -0.2) is 18.4 Å². The monoisotopic (exact) mass is 360 g/mol. The fraction of sp³-hybridized carbons (Fsp3) is 0.250. The maximum Gasteiger partial charge on any atom is 0.243 e. The highest BCUT2D eigenvalue weighted by molar-refractivity contribution is 7.89. The molecule has 1 aliphatic rings. The predicted octanol–water partition coefficient (Wildman–Crippen LogP) is 2.20. The van der Waals surface area contributed by atoms with E-state index in [-0.39, 0.29) is 0 Å². The Balaban J connectivity index is 1.54. The van der Waals surface area contributed by atoms with Crippen LogP contribution in [0.15, 0.2) is 53.0 Å². The lowest BCUT2D eigenvalue weighted by atomic mass is 10.3. The van der Waals surface area contributed by atoms with Gasteiger partial charge in [-0.3, -0.25) is 0 Å². The Hall–Kier alpha value is -2.03. The zero-order valence-electron chi connectivity index (χ0n) is 12.9. The molecule has 1 aliphatic heterocycles. The Kier molecular flexibility index (Phi) is 3.95. The van der Waals surface area contributed by atoms with Crippen molar-refractivity contribution in [1.82, 2.24) is 14.3 Å². The lowest BCUT2D eigenvalue weighted by Crippen LogP contribution is -2.49. The zero-order valence-corrected chi connectivity index (χ0v) is 14.5. The van der Waals surface area contributed by atoms with Crippen molar-refractivity contribution in [1.29, 1.82) is 0 Å². The highest BCUT2D eigenvalue weighted by atomic mass is 32.2. The van der Waals surface area contributed by atoms with E-state index >= 15 is 0 Å². The van der Waals surface area contributed by atoms with Gasteiger partial charge in [-0.05, 0) is 23.6 Å². The second-order valence-electron chi connectivity index (χ2n) is 5.54. The van der Waals surface area contributed by atoms with Crippen LogP contribution in [0.4, 0.5) is 5.82 Å². The van der Waals surface area contributed by atoms with Crippen molar-refractivity contribution in [3.63, 3.8) is 0 Å². The molecule has 0 radical (unpaired) electrons. The van der Waals surface area contributed by atoms with Crippen LogP contribution < -0.4 is 4.90 Å². The summed E-state index contributed by atoms with van der Waals surface area (Å²) in [5, 5.41) is 3.03.